The molecule has 0 saturated heterocycles. The van der Waals surface area contributed by atoms with Gasteiger partial charge in [0.2, 0.25) is 6.23 Å². The summed E-state index contributed by atoms with van der Waals surface area (Å²) in [5.74, 6) is 0.641. The number of aromatic nitrogens is 4. The molecule has 0 aliphatic rings. The van der Waals surface area contributed by atoms with Gasteiger partial charge in [-0.3, -0.25) is 0 Å². The molecule has 0 radical (unpaired) electrons. The van der Waals surface area contributed by atoms with Crippen LogP contribution in [-0.2, 0) is 12.6 Å². The van der Waals surface area contributed by atoms with E-state index in [0.717, 1.165) is 27.5 Å². The Morgan fingerprint density at radius 1 is 0.900 bits per heavy atom. The third-order valence-electron chi connectivity index (χ3n) is 5.51. The van der Waals surface area contributed by atoms with Crippen LogP contribution in [0.5, 0.6) is 5.75 Å². The number of nitrogens with zero attached hydrogens (tertiary/aromatic N) is 4. The van der Waals surface area contributed by atoms with Gasteiger partial charge in [0, 0.05) is 29.7 Å². The van der Waals surface area contributed by atoms with E-state index < -0.39 is 11.8 Å². The zero-order chi connectivity index (χ0) is 20.7. The molecule has 2 atom stereocenters. The molecule has 0 saturated carbocycles. The Bertz CT molecular complexity index is 1320. The van der Waals surface area contributed by atoms with Crippen LogP contribution in [0.3, 0.4) is 0 Å². The standard InChI is InChI=1S/C24H22N4O2/c1-24(29,19-16-27(2)21-14-8-6-12-18(19)21)23(30-17-10-4-3-5-11-17)28-22-15-9-7-13-20(22)25-26-28/h3-16,23,29H,1-2H3. The van der Waals surface area contributed by atoms with Crippen molar-refractivity contribution in [1.82, 2.24) is 19.6 Å². The van der Waals surface area contributed by atoms with Crippen LogP contribution in [0.15, 0.2) is 85.1 Å². The maximum Gasteiger partial charge on any atom is 0.226 e. The van der Waals surface area contributed by atoms with E-state index in [2.05, 4.69) is 10.3 Å². The Morgan fingerprint density at radius 3 is 2.37 bits per heavy atom. The van der Waals surface area contributed by atoms with Crippen LogP contribution in [0, 0.1) is 0 Å². The highest BCUT2D eigenvalue weighted by molar-refractivity contribution is 5.85. The van der Waals surface area contributed by atoms with Gasteiger partial charge in [0.1, 0.15) is 16.9 Å². The molecule has 2 heterocycles. The van der Waals surface area contributed by atoms with Crippen LogP contribution in [0.4, 0.5) is 0 Å². The largest absolute Gasteiger partial charge is 0.465 e. The first kappa shape index (κ1) is 18.4. The van der Waals surface area contributed by atoms with Crippen LogP contribution in [0.25, 0.3) is 21.9 Å². The van der Waals surface area contributed by atoms with Crippen LogP contribution in [0.1, 0.15) is 18.7 Å². The fraction of sp³-hybridized carbons (Fsp3) is 0.167. The first-order chi connectivity index (χ1) is 14.6. The van der Waals surface area contributed by atoms with Gasteiger partial charge >= 0.3 is 0 Å². The Morgan fingerprint density at radius 2 is 1.57 bits per heavy atom. The summed E-state index contributed by atoms with van der Waals surface area (Å²) in [7, 11) is 1.97. The minimum absolute atomic E-state index is 0.641. The van der Waals surface area contributed by atoms with E-state index in [-0.39, 0.29) is 0 Å². The minimum atomic E-state index is -1.40. The van der Waals surface area contributed by atoms with Gasteiger partial charge in [0.05, 0.1) is 5.52 Å². The van der Waals surface area contributed by atoms with E-state index in [1.165, 1.54) is 0 Å². The molecule has 0 amide bonds. The van der Waals surface area contributed by atoms with Crippen LogP contribution in [0.2, 0.25) is 0 Å². The molecule has 0 aliphatic heterocycles. The molecule has 0 fully saturated rings. The SMILES string of the molecule is Cn1cc(C(C)(O)C(Oc2ccccc2)n2nnc3ccccc32)c2ccccc21. The molecular formula is C24H22N4O2. The lowest BCUT2D eigenvalue weighted by molar-refractivity contribution is -0.0954. The highest BCUT2D eigenvalue weighted by Crippen LogP contribution is 2.39. The molecule has 1 N–H and O–H groups in total. The highest BCUT2D eigenvalue weighted by atomic mass is 16.5. The zero-order valence-electron chi connectivity index (χ0n) is 16.8. The van der Waals surface area contributed by atoms with E-state index in [0.29, 0.717) is 5.75 Å². The second kappa shape index (κ2) is 7.00. The van der Waals surface area contributed by atoms with Gasteiger partial charge in [-0.2, -0.15) is 0 Å². The monoisotopic (exact) mass is 398 g/mol. The number of aryl methyl sites for hydroxylation is 1. The lowest BCUT2D eigenvalue weighted by Gasteiger charge is -2.33. The van der Waals surface area contributed by atoms with Crippen molar-refractivity contribution in [1.29, 1.82) is 0 Å². The molecular weight excluding hydrogens is 376 g/mol. The summed E-state index contributed by atoms with van der Waals surface area (Å²) < 4.78 is 10.0. The average Bonchev–Trinajstić information content (AvgIpc) is 3.35. The number of para-hydroxylation sites is 3. The molecule has 2 unspecified atom stereocenters. The molecule has 5 aromatic rings. The second-order valence-corrected chi connectivity index (χ2v) is 7.62. The van der Waals surface area contributed by atoms with Crippen molar-refractivity contribution in [2.24, 2.45) is 7.05 Å². The summed E-state index contributed by atoms with van der Waals surface area (Å²) in [5.41, 5.74) is 1.94. The van der Waals surface area contributed by atoms with Crippen LogP contribution < -0.4 is 4.74 Å². The van der Waals surface area contributed by atoms with Gasteiger partial charge in [0.25, 0.3) is 0 Å². The van der Waals surface area contributed by atoms with Crippen molar-refractivity contribution in [3.63, 3.8) is 0 Å². The van der Waals surface area contributed by atoms with Crippen molar-refractivity contribution in [2.75, 3.05) is 0 Å². The highest BCUT2D eigenvalue weighted by Gasteiger charge is 2.41. The first-order valence-corrected chi connectivity index (χ1v) is 9.84. The number of hydrogen-bond acceptors (Lipinski definition) is 4. The molecule has 6 nitrogen and oxygen atoms in total. The molecule has 150 valence electrons. The van der Waals surface area contributed by atoms with E-state index in [9.17, 15) is 5.11 Å². The number of hydrogen-bond donors (Lipinski definition) is 1. The first-order valence-electron chi connectivity index (χ1n) is 9.84. The van der Waals surface area contributed by atoms with Crippen molar-refractivity contribution < 1.29 is 9.84 Å². The van der Waals surface area contributed by atoms with Crippen molar-refractivity contribution in [3.05, 3.63) is 90.6 Å². The van der Waals surface area contributed by atoms with Crippen LogP contribution in [-0.4, -0.2) is 24.7 Å². The number of fused-ring (bicyclic) bond motifs is 2. The van der Waals surface area contributed by atoms with Gasteiger partial charge < -0.3 is 14.4 Å². The fourth-order valence-corrected chi connectivity index (χ4v) is 3.97. The van der Waals surface area contributed by atoms with Crippen molar-refractivity contribution >= 4 is 21.9 Å². The topological polar surface area (TPSA) is 65.1 Å². The van der Waals surface area contributed by atoms with Crippen LogP contribution >= 0.6 is 0 Å². The molecule has 5 rings (SSSR count). The smallest absolute Gasteiger partial charge is 0.226 e. The molecule has 0 spiro atoms. The number of rotatable bonds is 5. The normalized spacial score (nSPS) is 14.6. The molecule has 0 aliphatic carbocycles. The van der Waals surface area contributed by atoms with E-state index in [4.69, 9.17) is 4.74 Å². The number of aliphatic hydroxyl groups is 1. The van der Waals surface area contributed by atoms with Gasteiger partial charge in [-0.05, 0) is 37.3 Å². The average molecular weight is 398 g/mol. The summed E-state index contributed by atoms with van der Waals surface area (Å²) in [6.07, 6.45) is 1.11. The summed E-state index contributed by atoms with van der Waals surface area (Å²) in [6.45, 7) is 1.76. The van der Waals surface area contributed by atoms with Gasteiger partial charge in [-0.1, -0.05) is 53.7 Å². The summed E-state index contributed by atoms with van der Waals surface area (Å²) >= 11 is 0. The number of benzene rings is 3. The van der Waals surface area contributed by atoms with Crippen molar-refractivity contribution in [3.8, 4) is 5.75 Å². The Hall–Kier alpha value is -3.64. The second-order valence-electron chi connectivity index (χ2n) is 7.62. The van der Waals surface area contributed by atoms with Gasteiger partial charge in [-0.25, -0.2) is 4.68 Å². The number of ether oxygens (including phenoxy) is 1. The quantitative estimate of drug-likeness (QED) is 0.476. The predicted octanol–water partition coefficient (Wildman–Crippen LogP) is 4.41. The molecule has 2 aromatic heterocycles. The maximum atomic E-state index is 11.9. The maximum absolute atomic E-state index is 11.9. The predicted molar refractivity (Wildman–Crippen MR) is 116 cm³/mol. The third-order valence-corrected chi connectivity index (χ3v) is 5.51. The molecule has 3 aromatic carbocycles. The Labute approximate surface area is 173 Å². The molecule has 0 bridgehead atoms. The Kier molecular flexibility index (Phi) is 4.29. The molecule has 6 heteroatoms. The van der Waals surface area contributed by atoms with E-state index in [1.54, 1.807) is 11.6 Å². The summed E-state index contributed by atoms with van der Waals surface area (Å²) in [5, 5.41) is 21.5. The van der Waals surface area contributed by atoms with E-state index in [1.807, 2.05) is 96.7 Å². The van der Waals surface area contributed by atoms with Gasteiger partial charge in [0.15, 0.2) is 0 Å². The summed E-state index contributed by atoms with van der Waals surface area (Å²) in [4.78, 5) is 0. The molecule has 30 heavy (non-hydrogen) atoms. The zero-order valence-corrected chi connectivity index (χ0v) is 16.8. The fourth-order valence-electron chi connectivity index (χ4n) is 3.97. The minimum Gasteiger partial charge on any atom is -0.465 e. The lowest BCUT2D eigenvalue weighted by atomic mass is 9.93. The van der Waals surface area contributed by atoms with E-state index >= 15 is 0 Å². The summed E-state index contributed by atoms with van der Waals surface area (Å²) in [6, 6.07) is 25.1. The van der Waals surface area contributed by atoms with Gasteiger partial charge in [-0.15, -0.1) is 5.10 Å². The third kappa shape index (κ3) is 2.93. The Balaban J connectivity index is 1.70. The lowest BCUT2D eigenvalue weighted by Crippen LogP contribution is -2.38. The van der Waals surface area contributed by atoms with Crippen molar-refractivity contribution in [2.45, 2.75) is 18.8 Å².